The van der Waals surface area contributed by atoms with Crippen molar-refractivity contribution in [2.75, 3.05) is 6.61 Å². The Morgan fingerprint density at radius 1 is 1.03 bits per heavy atom. The van der Waals surface area contributed by atoms with Gasteiger partial charge in [-0.15, -0.1) is 0 Å². The van der Waals surface area contributed by atoms with Crippen molar-refractivity contribution in [1.82, 2.24) is 4.90 Å². The number of aryl methyl sites for hydroxylation is 1. The first-order valence-corrected chi connectivity index (χ1v) is 10.2. The molecule has 0 spiro atoms. The van der Waals surface area contributed by atoms with Crippen molar-refractivity contribution in [1.29, 1.82) is 0 Å². The zero-order valence-corrected chi connectivity index (χ0v) is 16.4. The van der Waals surface area contributed by atoms with Crippen LogP contribution in [0.4, 0.5) is 0 Å². The third kappa shape index (κ3) is 2.69. The molecule has 1 aromatic carbocycles. The zero-order valence-electron chi connectivity index (χ0n) is 16.4. The van der Waals surface area contributed by atoms with E-state index in [9.17, 15) is 19.2 Å². The van der Waals surface area contributed by atoms with Gasteiger partial charge >= 0.3 is 5.97 Å². The van der Waals surface area contributed by atoms with Gasteiger partial charge in [-0.2, -0.15) is 0 Å². The number of benzene rings is 1. The first-order chi connectivity index (χ1) is 13.9. The highest BCUT2D eigenvalue weighted by Gasteiger charge is 2.67. The molecule has 7 atom stereocenters. The fraction of sp³-hybridized carbons (Fsp3) is 0.478. The average Bonchev–Trinajstić information content (AvgIpc) is 3.49. The van der Waals surface area contributed by atoms with Crippen LogP contribution in [0.15, 0.2) is 36.4 Å². The second-order valence-corrected chi connectivity index (χ2v) is 8.77. The minimum atomic E-state index is -1.03. The number of hydrogen-bond acceptors (Lipinski definition) is 5. The van der Waals surface area contributed by atoms with Crippen LogP contribution in [0, 0.1) is 42.4 Å². The topological polar surface area (TPSA) is 80.8 Å². The van der Waals surface area contributed by atoms with Crippen LogP contribution in [-0.2, 0) is 19.1 Å². The van der Waals surface area contributed by atoms with Gasteiger partial charge in [-0.05, 0) is 43.9 Å². The summed E-state index contributed by atoms with van der Waals surface area (Å²) < 4.78 is 5.16. The Labute approximate surface area is 168 Å². The highest BCUT2D eigenvalue weighted by Crippen LogP contribution is 2.65. The standard InChI is InChI=1S/C23H23NO5/c1-11-3-5-13(6-4-11)18(25)10-29-23(28)12(2)24-21(26)19-14-7-8-15(17-9-16(14)17)20(19)22(24)27/h3-8,12,14-17,19-20H,9-10H2,1-2H3. The van der Waals surface area contributed by atoms with Crippen LogP contribution in [-0.4, -0.2) is 41.1 Å². The molecule has 150 valence electrons. The largest absolute Gasteiger partial charge is 0.456 e. The highest BCUT2D eigenvalue weighted by atomic mass is 16.5. The second kappa shape index (κ2) is 6.37. The first kappa shape index (κ1) is 18.3. The van der Waals surface area contributed by atoms with Crippen LogP contribution in [0.25, 0.3) is 0 Å². The lowest BCUT2D eigenvalue weighted by molar-refractivity contribution is -0.157. The van der Waals surface area contributed by atoms with Crippen molar-refractivity contribution in [3.8, 4) is 0 Å². The van der Waals surface area contributed by atoms with Gasteiger partial charge in [-0.3, -0.25) is 19.3 Å². The number of likely N-dealkylation sites (tertiary alicyclic amines) is 1. The quantitative estimate of drug-likeness (QED) is 0.331. The minimum absolute atomic E-state index is 0.114. The van der Waals surface area contributed by atoms with E-state index in [2.05, 4.69) is 12.2 Å². The Hall–Kier alpha value is -2.76. The van der Waals surface area contributed by atoms with Crippen LogP contribution in [0.3, 0.4) is 0 Å². The summed E-state index contributed by atoms with van der Waals surface area (Å²) in [6, 6.07) is 5.96. The van der Waals surface area contributed by atoms with Gasteiger partial charge in [0.2, 0.25) is 11.8 Å². The van der Waals surface area contributed by atoms with Gasteiger partial charge in [0.05, 0.1) is 11.8 Å². The molecule has 1 aliphatic heterocycles. The molecule has 1 aromatic rings. The molecular formula is C23H23NO5. The maximum atomic E-state index is 13.0. The van der Waals surface area contributed by atoms with Crippen LogP contribution in [0.2, 0.25) is 0 Å². The predicted molar refractivity (Wildman–Crippen MR) is 102 cm³/mol. The molecule has 2 bridgehead atoms. The lowest BCUT2D eigenvalue weighted by Gasteiger charge is -2.37. The summed E-state index contributed by atoms with van der Waals surface area (Å²) in [7, 11) is 0. The smallest absolute Gasteiger partial charge is 0.329 e. The van der Waals surface area contributed by atoms with Gasteiger partial charge in [-0.1, -0.05) is 42.0 Å². The van der Waals surface area contributed by atoms with Gasteiger partial charge in [0, 0.05) is 5.56 Å². The van der Waals surface area contributed by atoms with E-state index in [1.54, 1.807) is 12.1 Å². The Morgan fingerprint density at radius 3 is 2.14 bits per heavy atom. The number of Topliss-reactive ketones (excluding diaryl/α,β-unsaturated/α-hetero) is 1. The third-order valence-corrected chi connectivity index (χ3v) is 7.14. The second-order valence-electron chi connectivity index (χ2n) is 8.77. The molecule has 5 aliphatic rings. The van der Waals surface area contributed by atoms with Crippen molar-refractivity contribution < 1.29 is 23.9 Å². The number of nitrogens with zero attached hydrogens (tertiary/aromatic N) is 1. The van der Waals surface area contributed by atoms with Crippen molar-refractivity contribution >= 4 is 23.6 Å². The summed E-state index contributed by atoms with van der Waals surface area (Å²) in [5.41, 5.74) is 1.48. The maximum Gasteiger partial charge on any atom is 0.329 e. The molecule has 0 radical (unpaired) electrons. The number of allylic oxidation sites excluding steroid dienone is 2. The summed E-state index contributed by atoms with van der Waals surface area (Å²) in [4.78, 5) is 51.9. The number of amides is 2. The molecule has 0 N–H and O–H groups in total. The number of ketones is 1. The SMILES string of the molecule is Cc1ccc(C(=O)COC(=O)C(C)N2C(=O)C3C4C=CC(C5CC45)C3C2=O)cc1. The summed E-state index contributed by atoms with van der Waals surface area (Å²) in [5.74, 6) is -1.01. The van der Waals surface area contributed by atoms with Gasteiger partial charge in [0.1, 0.15) is 6.04 Å². The fourth-order valence-corrected chi connectivity index (χ4v) is 5.55. The van der Waals surface area contributed by atoms with E-state index in [0.29, 0.717) is 17.4 Å². The zero-order chi connectivity index (χ0) is 20.4. The number of imide groups is 1. The van der Waals surface area contributed by atoms with Crippen molar-refractivity contribution in [2.24, 2.45) is 35.5 Å². The number of hydrogen-bond donors (Lipinski definition) is 0. The van der Waals surface area contributed by atoms with Crippen LogP contribution >= 0.6 is 0 Å². The predicted octanol–water partition coefficient (Wildman–Crippen LogP) is 2.16. The van der Waals surface area contributed by atoms with Crippen LogP contribution in [0.5, 0.6) is 0 Å². The van der Waals surface area contributed by atoms with Gasteiger partial charge in [0.15, 0.2) is 12.4 Å². The van der Waals surface area contributed by atoms with Crippen LogP contribution in [0.1, 0.15) is 29.3 Å². The molecule has 2 amide bonds. The Bertz CT molecular complexity index is 913. The molecule has 0 aromatic heterocycles. The van der Waals surface area contributed by atoms with E-state index < -0.39 is 18.6 Å². The molecule has 1 heterocycles. The normalized spacial score (nSPS) is 34.6. The fourth-order valence-electron chi connectivity index (χ4n) is 5.55. The summed E-state index contributed by atoms with van der Waals surface area (Å²) in [5, 5.41) is 0. The Balaban J connectivity index is 1.26. The average molecular weight is 393 g/mol. The number of carbonyl (C=O) groups is 4. The van der Waals surface area contributed by atoms with E-state index in [4.69, 9.17) is 4.74 Å². The monoisotopic (exact) mass is 393 g/mol. The van der Waals surface area contributed by atoms with E-state index in [1.165, 1.54) is 6.92 Å². The van der Waals surface area contributed by atoms with Crippen molar-refractivity contribution in [3.05, 3.63) is 47.5 Å². The molecule has 6 rings (SSSR count). The van der Waals surface area contributed by atoms with Gasteiger partial charge < -0.3 is 4.74 Å². The number of rotatable bonds is 5. The highest BCUT2D eigenvalue weighted by molar-refractivity contribution is 6.09. The van der Waals surface area contributed by atoms with Gasteiger partial charge in [-0.25, -0.2) is 4.79 Å². The molecule has 3 fully saturated rings. The van der Waals surface area contributed by atoms with Crippen molar-refractivity contribution in [3.63, 3.8) is 0 Å². The van der Waals surface area contributed by atoms with E-state index in [-0.39, 0.29) is 41.3 Å². The summed E-state index contributed by atoms with van der Waals surface area (Å²) in [6.45, 7) is 3.01. The number of ether oxygens (including phenoxy) is 1. The van der Waals surface area contributed by atoms with Crippen molar-refractivity contribution in [2.45, 2.75) is 26.3 Å². The molecular weight excluding hydrogens is 370 g/mol. The van der Waals surface area contributed by atoms with E-state index in [0.717, 1.165) is 16.9 Å². The first-order valence-electron chi connectivity index (χ1n) is 10.2. The summed E-state index contributed by atoms with van der Waals surface area (Å²) in [6.07, 6.45) is 5.28. The Kier molecular flexibility index (Phi) is 4.02. The molecule has 4 aliphatic carbocycles. The number of carbonyl (C=O) groups excluding carboxylic acids is 4. The molecule has 7 unspecified atom stereocenters. The van der Waals surface area contributed by atoms with Crippen LogP contribution < -0.4 is 0 Å². The molecule has 6 heteroatoms. The Morgan fingerprint density at radius 2 is 1.59 bits per heavy atom. The lowest BCUT2D eigenvalue weighted by atomic mass is 9.63. The number of esters is 1. The summed E-state index contributed by atoms with van der Waals surface area (Å²) >= 11 is 0. The molecule has 29 heavy (non-hydrogen) atoms. The van der Waals surface area contributed by atoms with E-state index >= 15 is 0 Å². The lowest BCUT2D eigenvalue weighted by Crippen LogP contribution is -2.45. The molecule has 2 saturated carbocycles. The maximum absolute atomic E-state index is 13.0. The van der Waals surface area contributed by atoms with Gasteiger partial charge in [0.25, 0.3) is 0 Å². The molecule has 1 saturated heterocycles. The van der Waals surface area contributed by atoms with E-state index in [1.807, 2.05) is 19.1 Å². The third-order valence-electron chi connectivity index (χ3n) is 7.14. The minimum Gasteiger partial charge on any atom is -0.456 e. The molecule has 6 nitrogen and oxygen atoms in total.